The molecule has 0 saturated heterocycles. The Morgan fingerprint density at radius 2 is 2.00 bits per heavy atom. The molecule has 118 valence electrons. The number of carbonyl (C=O) groups excluding carboxylic acids is 1. The van der Waals surface area contributed by atoms with Crippen LogP contribution in [0.4, 0.5) is 15.8 Å². The van der Waals surface area contributed by atoms with Crippen molar-refractivity contribution in [1.82, 2.24) is 4.90 Å². The summed E-state index contributed by atoms with van der Waals surface area (Å²) in [5.41, 5.74) is 6.20. The van der Waals surface area contributed by atoms with E-state index in [1.807, 2.05) is 0 Å². The van der Waals surface area contributed by atoms with E-state index in [0.717, 1.165) is 25.7 Å². The van der Waals surface area contributed by atoms with Crippen LogP contribution in [0.25, 0.3) is 0 Å². The minimum absolute atomic E-state index is 0.0836. The first-order chi connectivity index (χ1) is 10.0. The zero-order chi connectivity index (χ0) is 15.8. The Kier molecular flexibility index (Phi) is 6.94. The van der Waals surface area contributed by atoms with Gasteiger partial charge in [0, 0.05) is 18.8 Å². The molecule has 0 aromatic heterocycles. The van der Waals surface area contributed by atoms with Crippen LogP contribution in [0, 0.1) is 5.82 Å². The van der Waals surface area contributed by atoms with E-state index in [4.69, 9.17) is 10.5 Å². The van der Waals surface area contributed by atoms with Crippen molar-refractivity contribution in [3.63, 3.8) is 0 Å². The van der Waals surface area contributed by atoms with Gasteiger partial charge in [-0.3, -0.25) is 0 Å². The standard InChI is InChI=1S/C15H24FN3O2/c1-4-19(5-2)8-7-18-14-9-11(15(20)21-6-3)13(17)10-12(14)16/h9-10,18H,4-8,17H2,1-3H3. The second-order valence-corrected chi connectivity index (χ2v) is 4.59. The van der Waals surface area contributed by atoms with Crippen LogP contribution >= 0.6 is 0 Å². The van der Waals surface area contributed by atoms with Crippen molar-refractivity contribution in [1.29, 1.82) is 0 Å². The number of carbonyl (C=O) groups is 1. The highest BCUT2D eigenvalue weighted by Gasteiger charge is 2.15. The molecule has 21 heavy (non-hydrogen) atoms. The predicted molar refractivity (Wildman–Crippen MR) is 83.0 cm³/mol. The van der Waals surface area contributed by atoms with Gasteiger partial charge in [0.05, 0.1) is 17.9 Å². The number of likely N-dealkylation sites (N-methyl/N-ethyl adjacent to an activating group) is 1. The van der Waals surface area contributed by atoms with Crippen molar-refractivity contribution >= 4 is 17.3 Å². The summed E-state index contributed by atoms with van der Waals surface area (Å²) < 4.78 is 18.8. The molecule has 1 aromatic carbocycles. The summed E-state index contributed by atoms with van der Waals surface area (Å²) in [4.78, 5) is 14.0. The van der Waals surface area contributed by atoms with Crippen molar-refractivity contribution in [2.45, 2.75) is 20.8 Å². The number of nitrogens with one attached hydrogen (secondary N) is 1. The van der Waals surface area contributed by atoms with Gasteiger partial charge < -0.3 is 20.7 Å². The molecule has 0 aliphatic carbocycles. The van der Waals surface area contributed by atoms with E-state index >= 15 is 0 Å². The maximum Gasteiger partial charge on any atom is 0.340 e. The molecule has 0 bridgehead atoms. The molecule has 1 aromatic rings. The third-order valence-electron chi connectivity index (χ3n) is 3.27. The Morgan fingerprint density at radius 3 is 2.57 bits per heavy atom. The van der Waals surface area contributed by atoms with E-state index in [2.05, 4.69) is 24.1 Å². The molecule has 0 unspecified atom stereocenters. The molecule has 0 heterocycles. The zero-order valence-electron chi connectivity index (χ0n) is 12.9. The monoisotopic (exact) mass is 297 g/mol. The summed E-state index contributed by atoms with van der Waals surface area (Å²) in [6, 6.07) is 2.55. The fraction of sp³-hybridized carbons (Fsp3) is 0.533. The lowest BCUT2D eigenvalue weighted by Crippen LogP contribution is -2.28. The molecule has 0 aliphatic rings. The van der Waals surface area contributed by atoms with Crippen LogP contribution < -0.4 is 11.1 Å². The maximum absolute atomic E-state index is 13.9. The summed E-state index contributed by atoms with van der Waals surface area (Å²) in [7, 11) is 0. The SMILES string of the molecule is CCOC(=O)c1cc(NCCN(CC)CC)c(F)cc1N. The zero-order valence-corrected chi connectivity index (χ0v) is 12.9. The van der Waals surface area contributed by atoms with Gasteiger partial charge in [-0.25, -0.2) is 9.18 Å². The average molecular weight is 297 g/mol. The van der Waals surface area contributed by atoms with Crippen LogP contribution in [0.1, 0.15) is 31.1 Å². The molecule has 5 nitrogen and oxygen atoms in total. The van der Waals surface area contributed by atoms with Crippen molar-refractivity contribution in [3.05, 3.63) is 23.5 Å². The van der Waals surface area contributed by atoms with Gasteiger partial charge in [0.1, 0.15) is 5.82 Å². The minimum Gasteiger partial charge on any atom is -0.462 e. The van der Waals surface area contributed by atoms with Crippen LogP contribution in [0.5, 0.6) is 0 Å². The molecule has 0 saturated carbocycles. The lowest BCUT2D eigenvalue weighted by atomic mass is 10.1. The smallest absolute Gasteiger partial charge is 0.340 e. The number of nitrogen functional groups attached to an aromatic ring is 1. The Balaban J connectivity index is 2.78. The number of benzene rings is 1. The molecule has 3 N–H and O–H groups in total. The van der Waals surface area contributed by atoms with E-state index in [9.17, 15) is 9.18 Å². The molecular weight excluding hydrogens is 273 g/mol. The van der Waals surface area contributed by atoms with Crippen molar-refractivity contribution in [2.24, 2.45) is 0 Å². The first-order valence-electron chi connectivity index (χ1n) is 7.25. The molecule has 0 radical (unpaired) electrons. The Hall–Kier alpha value is -1.82. The van der Waals surface area contributed by atoms with Gasteiger partial charge in [-0.05, 0) is 32.1 Å². The number of hydrogen-bond donors (Lipinski definition) is 2. The highest BCUT2D eigenvalue weighted by atomic mass is 19.1. The lowest BCUT2D eigenvalue weighted by Gasteiger charge is -2.19. The van der Waals surface area contributed by atoms with Crippen LogP contribution in [0.15, 0.2) is 12.1 Å². The topological polar surface area (TPSA) is 67.6 Å². The molecule has 0 spiro atoms. The van der Waals surface area contributed by atoms with Crippen molar-refractivity contribution < 1.29 is 13.9 Å². The first kappa shape index (κ1) is 17.2. The van der Waals surface area contributed by atoms with E-state index < -0.39 is 11.8 Å². The normalized spacial score (nSPS) is 10.7. The summed E-state index contributed by atoms with van der Waals surface area (Å²) >= 11 is 0. The highest BCUT2D eigenvalue weighted by Crippen LogP contribution is 2.22. The number of anilines is 2. The predicted octanol–water partition coefficient (Wildman–Crippen LogP) is 2.34. The third kappa shape index (κ3) is 4.90. The highest BCUT2D eigenvalue weighted by molar-refractivity contribution is 5.96. The maximum atomic E-state index is 13.9. The first-order valence-corrected chi connectivity index (χ1v) is 7.25. The number of esters is 1. The van der Waals surface area contributed by atoms with Crippen LogP contribution in [0.3, 0.4) is 0 Å². The molecule has 0 atom stereocenters. The number of nitrogens with zero attached hydrogens (tertiary/aromatic N) is 1. The van der Waals surface area contributed by atoms with Crippen molar-refractivity contribution in [3.8, 4) is 0 Å². The average Bonchev–Trinajstić information content (AvgIpc) is 2.45. The molecule has 6 heteroatoms. The molecule has 0 fully saturated rings. The molecule has 1 rings (SSSR count). The summed E-state index contributed by atoms with van der Waals surface area (Å²) in [6.07, 6.45) is 0. The second kappa shape index (κ2) is 8.46. The van der Waals surface area contributed by atoms with E-state index in [1.165, 1.54) is 6.07 Å². The van der Waals surface area contributed by atoms with Gasteiger partial charge in [-0.15, -0.1) is 0 Å². The molecular formula is C15H24FN3O2. The fourth-order valence-electron chi connectivity index (χ4n) is 2.00. The van der Waals surface area contributed by atoms with Gasteiger partial charge in [0.15, 0.2) is 0 Å². The van der Waals surface area contributed by atoms with Gasteiger partial charge in [0.2, 0.25) is 0 Å². The molecule has 0 aliphatic heterocycles. The van der Waals surface area contributed by atoms with Gasteiger partial charge in [-0.2, -0.15) is 0 Å². The lowest BCUT2D eigenvalue weighted by molar-refractivity contribution is 0.0527. The second-order valence-electron chi connectivity index (χ2n) is 4.59. The van der Waals surface area contributed by atoms with E-state index in [0.29, 0.717) is 6.54 Å². The third-order valence-corrected chi connectivity index (χ3v) is 3.27. The summed E-state index contributed by atoms with van der Waals surface area (Å²) in [6.45, 7) is 9.38. The Morgan fingerprint density at radius 1 is 1.33 bits per heavy atom. The quantitative estimate of drug-likeness (QED) is 0.569. The van der Waals surface area contributed by atoms with Gasteiger partial charge >= 0.3 is 5.97 Å². The number of halogens is 1. The van der Waals surface area contributed by atoms with E-state index in [1.54, 1.807) is 6.92 Å². The largest absolute Gasteiger partial charge is 0.462 e. The number of ether oxygens (including phenoxy) is 1. The fourth-order valence-corrected chi connectivity index (χ4v) is 2.00. The van der Waals surface area contributed by atoms with Crippen LogP contribution in [-0.4, -0.2) is 43.7 Å². The van der Waals surface area contributed by atoms with Crippen molar-refractivity contribution in [2.75, 3.05) is 43.8 Å². The Labute approximate surface area is 125 Å². The summed E-state index contributed by atoms with van der Waals surface area (Å²) in [5.74, 6) is -1.01. The number of hydrogen-bond acceptors (Lipinski definition) is 5. The number of nitrogens with two attached hydrogens (primary N) is 1. The molecule has 0 amide bonds. The van der Waals surface area contributed by atoms with Gasteiger partial charge in [-0.1, -0.05) is 13.8 Å². The number of rotatable bonds is 8. The van der Waals surface area contributed by atoms with Crippen LogP contribution in [-0.2, 0) is 4.74 Å². The minimum atomic E-state index is -0.540. The summed E-state index contributed by atoms with van der Waals surface area (Å²) in [5, 5.41) is 3.00. The Bertz CT molecular complexity index is 476. The van der Waals surface area contributed by atoms with Gasteiger partial charge in [0.25, 0.3) is 0 Å². The van der Waals surface area contributed by atoms with Crippen LogP contribution in [0.2, 0.25) is 0 Å². The van der Waals surface area contributed by atoms with E-state index in [-0.39, 0.29) is 23.5 Å².